The zero-order valence-corrected chi connectivity index (χ0v) is 14.6. The summed E-state index contributed by atoms with van der Waals surface area (Å²) in [6, 6.07) is 11.3. The van der Waals surface area contributed by atoms with Crippen LogP contribution in [-0.4, -0.2) is 17.4 Å². The second-order valence-electron chi connectivity index (χ2n) is 5.60. The van der Waals surface area contributed by atoms with Gasteiger partial charge in [-0.05, 0) is 60.3 Å². The van der Waals surface area contributed by atoms with Gasteiger partial charge in [0.15, 0.2) is 6.61 Å². The zero-order valence-electron chi connectivity index (χ0n) is 13.8. The van der Waals surface area contributed by atoms with Gasteiger partial charge in [-0.3, -0.25) is 4.79 Å². The van der Waals surface area contributed by atoms with Crippen LogP contribution in [0, 0.1) is 12.7 Å². The molecule has 0 aliphatic carbocycles. The fourth-order valence-electron chi connectivity index (χ4n) is 2.33. The summed E-state index contributed by atoms with van der Waals surface area (Å²) in [5.41, 5.74) is 1.15. The van der Waals surface area contributed by atoms with Gasteiger partial charge in [0.05, 0.1) is 19.4 Å². The van der Waals surface area contributed by atoms with Gasteiger partial charge in [0.1, 0.15) is 17.3 Å². The Morgan fingerprint density at radius 3 is 2.64 bits per heavy atom. The van der Waals surface area contributed by atoms with Gasteiger partial charge in [-0.25, -0.2) is 4.39 Å². The first-order chi connectivity index (χ1) is 12.1. The monoisotopic (exact) mass is 359 g/mol. The Morgan fingerprint density at radius 2 is 2.00 bits per heavy atom. The first-order valence-corrected chi connectivity index (χ1v) is 8.71. The summed E-state index contributed by atoms with van der Waals surface area (Å²) in [5, 5.41) is 2.01. The third-order valence-electron chi connectivity index (χ3n) is 3.76. The summed E-state index contributed by atoms with van der Waals surface area (Å²) in [5.74, 6) is 0.671. The molecule has 0 radical (unpaired) electrons. The Balaban J connectivity index is 1.67. The van der Waals surface area contributed by atoms with Gasteiger partial charge >= 0.3 is 0 Å². The molecule has 0 bridgehead atoms. The van der Waals surface area contributed by atoms with Crippen molar-refractivity contribution in [1.29, 1.82) is 0 Å². The second-order valence-corrected chi connectivity index (χ2v) is 6.60. The summed E-state index contributed by atoms with van der Waals surface area (Å²) in [6.07, 6.45) is 1.59. The van der Waals surface area contributed by atoms with Crippen LogP contribution in [0.15, 0.2) is 58.5 Å². The number of carbonyl (C=O) groups excluding carboxylic acids is 1. The van der Waals surface area contributed by atoms with Gasteiger partial charge in [0, 0.05) is 4.88 Å². The lowest BCUT2D eigenvalue weighted by atomic mass is 10.2. The Hall–Kier alpha value is -2.60. The highest BCUT2D eigenvalue weighted by atomic mass is 32.1. The molecule has 3 aromatic rings. The number of hydrogen-bond acceptors (Lipinski definition) is 4. The van der Waals surface area contributed by atoms with Crippen LogP contribution < -0.4 is 4.74 Å². The summed E-state index contributed by atoms with van der Waals surface area (Å²) >= 11 is 1.62. The van der Waals surface area contributed by atoms with E-state index in [-0.39, 0.29) is 18.3 Å². The average molecular weight is 359 g/mol. The van der Waals surface area contributed by atoms with Crippen LogP contribution >= 0.6 is 11.3 Å². The molecular formula is C19H18FNO3S. The maximum atomic E-state index is 12.9. The number of ether oxygens (including phenoxy) is 1. The van der Waals surface area contributed by atoms with Crippen LogP contribution in [0.1, 0.15) is 16.2 Å². The number of rotatable bonds is 7. The largest absolute Gasteiger partial charge is 0.484 e. The number of benzene rings is 1. The van der Waals surface area contributed by atoms with Crippen molar-refractivity contribution in [3.63, 3.8) is 0 Å². The van der Waals surface area contributed by atoms with Gasteiger partial charge < -0.3 is 14.1 Å². The fourth-order valence-corrected chi connectivity index (χ4v) is 3.25. The van der Waals surface area contributed by atoms with E-state index in [1.54, 1.807) is 28.6 Å². The maximum absolute atomic E-state index is 12.9. The molecular weight excluding hydrogens is 341 g/mol. The molecule has 1 aromatic carbocycles. The Morgan fingerprint density at radius 1 is 1.20 bits per heavy atom. The SMILES string of the molecule is Cc1ccsc1CN(Cc1ccco1)C(=O)COc1ccc(F)cc1. The third kappa shape index (κ3) is 4.70. The van der Waals surface area contributed by atoms with Gasteiger partial charge in [0.2, 0.25) is 0 Å². The van der Waals surface area contributed by atoms with E-state index in [1.807, 2.05) is 24.4 Å². The quantitative estimate of drug-likeness (QED) is 0.628. The van der Waals surface area contributed by atoms with Crippen LogP contribution in [0.5, 0.6) is 5.75 Å². The molecule has 0 unspecified atom stereocenters. The highest BCUT2D eigenvalue weighted by Crippen LogP contribution is 2.20. The predicted octanol–water partition coefficient (Wildman–Crippen LogP) is 4.40. The predicted molar refractivity (Wildman–Crippen MR) is 93.9 cm³/mol. The smallest absolute Gasteiger partial charge is 0.261 e. The van der Waals surface area contributed by atoms with Crippen molar-refractivity contribution < 1.29 is 18.3 Å². The highest BCUT2D eigenvalue weighted by molar-refractivity contribution is 7.10. The first kappa shape index (κ1) is 17.2. The number of hydrogen-bond donors (Lipinski definition) is 0. The average Bonchev–Trinajstić information content (AvgIpc) is 3.26. The Bertz CT molecular complexity index is 812. The van der Waals surface area contributed by atoms with E-state index in [0.29, 0.717) is 24.6 Å². The molecule has 2 aromatic heterocycles. The van der Waals surface area contributed by atoms with Crippen molar-refractivity contribution in [2.24, 2.45) is 0 Å². The normalized spacial score (nSPS) is 10.6. The van der Waals surface area contributed by atoms with E-state index in [0.717, 1.165) is 10.4 Å². The third-order valence-corrected chi connectivity index (χ3v) is 4.77. The van der Waals surface area contributed by atoms with Crippen LogP contribution in [0.25, 0.3) is 0 Å². The van der Waals surface area contributed by atoms with E-state index in [1.165, 1.54) is 24.3 Å². The number of furan rings is 1. The molecule has 3 rings (SSSR count). The minimum atomic E-state index is -0.341. The molecule has 0 saturated heterocycles. The number of nitrogens with zero attached hydrogens (tertiary/aromatic N) is 1. The molecule has 0 saturated carbocycles. The molecule has 0 fully saturated rings. The Kier molecular flexibility index (Phi) is 5.50. The van der Waals surface area contributed by atoms with E-state index in [9.17, 15) is 9.18 Å². The lowest BCUT2D eigenvalue weighted by Gasteiger charge is -2.21. The van der Waals surface area contributed by atoms with Crippen LogP contribution in [-0.2, 0) is 17.9 Å². The standard InChI is InChI=1S/C19H18FNO3S/c1-14-8-10-25-18(14)12-21(11-17-3-2-9-23-17)19(22)13-24-16-6-4-15(20)5-7-16/h2-10H,11-13H2,1H3. The van der Waals surface area contributed by atoms with Crippen molar-refractivity contribution in [2.75, 3.05) is 6.61 Å². The number of carbonyl (C=O) groups is 1. The second kappa shape index (κ2) is 7.98. The molecule has 4 nitrogen and oxygen atoms in total. The summed E-state index contributed by atoms with van der Waals surface area (Å²) < 4.78 is 23.8. The number of aryl methyl sites for hydroxylation is 1. The molecule has 0 atom stereocenters. The minimum absolute atomic E-state index is 0.114. The van der Waals surface area contributed by atoms with Crippen molar-refractivity contribution in [3.05, 3.63) is 76.1 Å². The van der Waals surface area contributed by atoms with Crippen molar-refractivity contribution in [1.82, 2.24) is 4.90 Å². The summed E-state index contributed by atoms with van der Waals surface area (Å²) in [7, 11) is 0. The maximum Gasteiger partial charge on any atom is 0.261 e. The topological polar surface area (TPSA) is 42.7 Å². The van der Waals surface area contributed by atoms with Crippen LogP contribution in [0.3, 0.4) is 0 Å². The fraction of sp³-hybridized carbons (Fsp3) is 0.211. The van der Waals surface area contributed by atoms with Gasteiger partial charge in [-0.2, -0.15) is 0 Å². The molecule has 0 N–H and O–H groups in total. The first-order valence-electron chi connectivity index (χ1n) is 7.83. The molecule has 1 amide bonds. The molecule has 25 heavy (non-hydrogen) atoms. The number of amides is 1. The van der Waals surface area contributed by atoms with Crippen molar-refractivity contribution >= 4 is 17.2 Å². The summed E-state index contributed by atoms with van der Waals surface area (Å²) in [4.78, 5) is 15.5. The van der Waals surface area contributed by atoms with Crippen molar-refractivity contribution in [3.8, 4) is 5.75 Å². The van der Waals surface area contributed by atoms with E-state index in [4.69, 9.17) is 9.15 Å². The number of halogens is 1. The van der Waals surface area contributed by atoms with Gasteiger partial charge in [-0.15, -0.1) is 11.3 Å². The van der Waals surface area contributed by atoms with Crippen LogP contribution in [0.4, 0.5) is 4.39 Å². The van der Waals surface area contributed by atoms with E-state index >= 15 is 0 Å². The highest BCUT2D eigenvalue weighted by Gasteiger charge is 2.18. The van der Waals surface area contributed by atoms with Crippen molar-refractivity contribution in [2.45, 2.75) is 20.0 Å². The van der Waals surface area contributed by atoms with E-state index in [2.05, 4.69) is 0 Å². The number of thiophene rings is 1. The van der Waals surface area contributed by atoms with Crippen LogP contribution in [0.2, 0.25) is 0 Å². The molecule has 6 heteroatoms. The molecule has 0 spiro atoms. The molecule has 130 valence electrons. The lowest BCUT2D eigenvalue weighted by molar-refractivity contribution is -0.134. The summed E-state index contributed by atoms with van der Waals surface area (Å²) in [6.45, 7) is 2.78. The Labute approximate surface area is 149 Å². The van der Waals surface area contributed by atoms with E-state index < -0.39 is 0 Å². The lowest BCUT2D eigenvalue weighted by Crippen LogP contribution is -2.34. The zero-order chi connectivity index (χ0) is 17.6. The van der Waals surface area contributed by atoms with Gasteiger partial charge in [-0.1, -0.05) is 0 Å². The molecule has 0 aliphatic rings. The molecule has 2 heterocycles. The molecule has 0 aliphatic heterocycles. The van der Waals surface area contributed by atoms with Gasteiger partial charge in [0.25, 0.3) is 5.91 Å². The minimum Gasteiger partial charge on any atom is -0.484 e.